The van der Waals surface area contributed by atoms with Gasteiger partial charge in [0, 0.05) is 6.54 Å². The zero-order valence-corrected chi connectivity index (χ0v) is 11.6. The minimum atomic E-state index is -0.603. The molecule has 0 spiro atoms. The molecule has 0 saturated carbocycles. The molecule has 0 aromatic heterocycles. The van der Waals surface area contributed by atoms with Crippen LogP contribution < -0.4 is 5.32 Å². The summed E-state index contributed by atoms with van der Waals surface area (Å²) in [4.78, 5) is 23.4. The molecule has 3 heteroatoms. The Balaban J connectivity index is 2.44. The van der Waals surface area contributed by atoms with E-state index in [-0.39, 0.29) is 11.7 Å². The van der Waals surface area contributed by atoms with Crippen molar-refractivity contribution in [2.24, 2.45) is 5.92 Å². The van der Waals surface area contributed by atoms with Gasteiger partial charge in [-0.3, -0.25) is 9.59 Å². The van der Waals surface area contributed by atoms with E-state index in [1.54, 1.807) is 0 Å². The van der Waals surface area contributed by atoms with E-state index in [9.17, 15) is 9.59 Å². The molecule has 0 aliphatic carbocycles. The first kappa shape index (κ1) is 15.2. The van der Waals surface area contributed by atoms with Crippen molar-refractivity contribution in [3.63, 3.8) is 0 Å². The Bertz CT molecular complexity index is 451. The molecular formula is C16H21NO2. The molecule has 1 rings (SSSR count). The van der Waals surface area contributed by atoms with Crippen LogP contribution in [-0.4, -0.2) is 18.2 Å². The molecule has 0 fully saturated rings. The Hall–Kier alpha value is -1.90. The normalized spacial score (nSPS) is 11.7. The number of amides is 1. The van der Waals surface area contributed by atoms with Crippen molar-refractivity contribution in [3.05, 3.63) is 48.0 Å². The molecule has 0 saturated heterocycles. The van der Waals surface area contributed by atoms with Crippen LogP contribution in [0.25, 0.3) is 0 Å². The van der Waals surface area contributed by atoms with Crippen LogP contribution in [0, 0.1) is 5.92 Å². The van der Waals surface area contributed by atoms with Gasteiger partial charge in [-0.05, 0) is 32.3 Å². The molecule has 1 N–H and O–H groups in total. The van der Waals surface area contributed by atoms with Gasteiger partial charge in [-0.25, -0.2) is 0 Å². The summed E-state index contributed by atoms with van der Waals surface area (Å²) in [5.74, 6) is -0.917. The summed E-state index contributed by atoms with van der Waals surface area (Å²) in [5.41, 5.74) is 2.01. The van der Waals surface area contributed by atoms with Gasteiger partial charge in [0.25, 0.3) is 0 Å². The first-order valence-corrected chi connectivity index (χ1v) is 6.47. The Morgan fingerprint density at radius 1 is 1.21 bits per heavy atom. The van der Waals surface area contributed by atoms with Crippen molar-refractivity contribution < 1.29 is 9.59 Å². The molecule has 3 nitrogen and oxygen atoms in total. The lowest BCUT2D eigenvalue weighted by Gasteiger charge is -2.14. The van der Waals surface area contributed by atoms with Gasteiger partial charge in [0.1, 0.15) is 5.78 Å². The second-order valence-corrected chi connectivity index (χ2v) is 4.85. The molecule has 1 aromatic rings. The van der Waals surface area contributed by atoms with Crippen LogP contribution >= 0.6 is 0 Å². The topological polar surface area (TPSA) is 46.2 Å². The monoisotopic (exact) mass is 259 g/mol. The van der Waals surface area contributed by atoms with Gasteiger partial charge >= 0.3 is 0 Å². The molecule has 0 aliphatic heterocycles. The average Bonchev–Trinajstić information content (AvgIpc) is 2.36. The van der Waals surface area contributed by atoms with Crippen molar-refractivity contribution in [2.45, 2.75) is 26.7 Å². The Labute approximate surface area is 114 Å². The second-order valence-electron chi connectivity index (χ2n) is 4.85. The number of hydrogen-bond acceptors (Lipinski definition) is 2. The van der Waals surface area contributed by atoms with Crippen molar-refractivity contribution >= 4 is 11.7 Å². The number of Topliss-reactive ketones (excluding diaryl/α,β-unsaturated/α-hetero) is 1. The molecular weight excluding hydrogens is 238 g/mol. The minimum Gasteiger partial charge on any atom is -0.355 e. The maximum absolute atomic E-state index is 11.9. The van der Waals surface area contributed by atoms with Crippen LogP contribution in [0.2, 0.25) is 0 Å². The predicted octanol–water partition coefficient (Wildman–Crippen LogP) is 2.52. The third kappa shape index (κ3) is 5.51. The highest BCUT2D eigenvalue weighted by molar-refractivity contribution is 6.00. The van der Waals surface area contributed by atoms with Gasteiger partial charge in [0.2, 0.25) is 5.91 Å². The number of ketones is 1. The third-order valence-electron chi connectivity index (χ3n) is 2.92. The first-order chi connectivity index (χ1) is 9.00. The van der Waals surface area contributed by atoms with Crippen molar-refractivity contribution in [3.8, 4) is 0 Å². The molecule has 0 aliphatic rings. The van der Waals surface area contributed by atoms with E-state index in [0.29, 0.717) is 13.0 Å². The second kappa shape index (κ2) is 7.52. The predicted molar refractivity (Wildman–Crippen MR) is 76.8 cm³/mol. The highest BCUT2D eigenvalue weighted by atomic mass is 16.2. The lowest BCUT2D eigenvalue weighted by atomic mass is 9.96. The van der Waals surface area contributed by atoms with Crippen LogP contribution in [0.4, 0.5) is 0 Å². The van der Waals surface area contributed by atoms with Gasteiger partial charge in [0.15, 0.2) is 0 Å². The van der Waals surface area contributed by atoms with Gasteiger partial charge in [0.05, 0.1) is 5.92 Å². The number of nitrogens with one attached hydrogen (secondary N) is 1. The summed E-state index contributed by atoms with van der Waals surface area (Å²) >= 11 is 0. The lowest BCUT2D eigenvalue weighted by molar-refractivity contribution is -0.132. The zero-order valence-electron chi connectivity index (χ0n) is 11.6. The van der Waals surface area contributed by atoms with Crippen LogP contribution in [0.3, 0.4) is 0 Å². The molecule has 0 bridgehead atoms. The van der Waals surface area contributed by atoms with Crippen molar-refractivity contribution in [1.82, 2.24) is 5.32 Å². The molecule has 102 valence electrons. The molecule has 1 amide bonds. The number of carbonyl (C=O) groups is 2. The summed E-state index contributed by atoms with van der Waals surface area (Å²) in [7, 11) is 0. The van der Waals surface area contributed by atoms with Crippen molar-refractivity contribution in [1.29, 1.82) is 0 Å². The summed E-state index contributed by atoms with van der Waals surface area (Å²) < 4.78 is 0. The number of rotatable bonds is 7. The fourth-order valence-electron chi connectivity index (χ4n) is 1.87. The highest BCUT2D eigenvalue weighted by Gasteiger charge is 2.22. The fraction of sp³-hybridized carbons (Fsp3) is 0.375. The summed E-state index contributed by atoms with van der Waals surface area (Å²) in [5, 5.41) is 2.82. The molecule has 19 heavy (non-hydrogen) atoms. The van der Waals surface area contributed by atoms with E-state index in [0.717, 1.165) is 12.0 Å². The van der Waals surface area contributed by atoms with Gasteiger partial charge in [-0.2, -0.15) is 0 Å². The summed E-state index contributed by atoms with van der Waals surface area (Å²) in [6.45, 7) is 7.58. The van der Waals surface area contributed by atoms with Crippen LogP contribution in [0.5, 0.6) is 0 Å². The van der Waals surface area contributed by atoms with Gasteiger partial charge in [-0.1, -0.05) is 35.9 Å². The fourth-order valence-corrected chi connectivity index (χ4v) is 1.87. The minimum absolute atomic E-state index is 0.111. The molecule has 1 atom stereocenters. The number of benzene rings is 1. The van der Waals surface area contributed by atoms with Gasteiger partial charge < -0.3 is 5.32 Å². The SMILES string of the molecule is C=C(C)CC(C(C)=O)C(=O)NCCc1ccccc1. The first-order valence-electron chi connectivity index (χ1n) is 6.47. The molecule has 0 radical (unpaired) electrons. The number of carbonyl (C=O) groups excluding carboxylic acids is 2. The van der Waals surface area contributed by atoms with Crippen molar-refractivity contribution in [2.75, 3.05) is 6.54 Å². The largest absolute Gasteiger partial charge is 0.355 e. The molecule has 1 aromatic carbocycles. The van der Waals surface area contributed by atoms with E-state index in [2.05, 4.69) is 11.9 Å². The average molecular weight is 259 g/mol. The van der Waals surface area contributed by atoms with Crippen LogP contribution in [-0.2, 0) is 16.0 Å². The quantitative estimate of drug-likeness (QED) is 0.604. The number of allylic oxidation sites excluding steroid dienone is 1. The highest BCUT2D eigenvalue weighted by Crippen LogP contribution is 2.11. The molecule has 0 heterocycles. The molecule has 1 unspecified atom stereocenters. The summed E-state index contributed by atoms with van der Waals surface area (Å²) in [6.07, 6.45) is 1.19. The van der Waals surface area contributed by atoms with E-state index < -0.39 is 5.92 Å². The maximum atomic E-state index is 11.9. The van der Waals surface area contributed by atoms with Crippen LogP contribution in [0.1, 0.15) is 25.8 Å². The van der Waals surface area contributed by atoms with E-state index in [4.69, 9.17) is 0 Å². The Morgan fingerprint density at radius 2 is 1.84 bits per heavy atom. The van der Waals surface area contributed by atoms with E-state index >= 15 is 0 Å². The third-order valence-corrected chi connectivity index (χ3v) is 2.92. The standard InChI is InChI=1S/C16H21NO2/c1-12(2)11-15(13(3)18)16(19)17-10-9-14-7-5-4-6-8-14/h4-8,15H,1,9-11H2,2-3H3,(H,17,19). The zero-order chi connectivity index (χ0) is 14.3. The van der Waals surface area contributed by atoms with E-state index in [1.165, 1.54) is 12.5 Å². The van der Waals surface area contributed by atoms with E-state index in [1.807, 2.05) is 37.3 Å². The maximum Gasteiger partial charge on any atom is 0.230 e. The van der Waals surface area contributed by atoms with Crippen LogP contribution in [0.15, 0.2) is 42.5 Å². The number of hydrogen-bond donors (Lipinski definition) is 1. The smallest absolute Gasteiger partial charge is 0.230 e. The Morgan fingerprint density at radius 3 is 2.37 bits per heavy atom. The van der Waals surface area contributed by atoms with Gasteiger partial charge in [-0.15, -0.1) is 6.58 Å². The summed E-state index contributed by atoms with van der Waals surface area (Å²) in [6, 6.07) is 9.93. The Kier molecular flexibility index (Phi) is 6.00. The lowest BCUT2D eigenvalue weighted by Crippen LogP contribution is -2.35.